The summed E-state index contributed by atoms with van der Waals surface area (Å²) in [4.78, 5) is 13.4. The first-order valence-corrected chi connectivity index (χ1v) is 8.21. The van der Waals surface area contributed by atoms with Crippen LogP contribution in [0.25, 0.3) is 11.5 Å². The summed E-state index contributed by atoms with van der Waals surface area (Å²) < 4.78 is 9.49. The van der Waals surface area contributed by atoms with Crippen LogP contribution in [0.15, 0.2) is 36.7 Å². The summed E-state index contributed by atoms with van der Waals surface area (Å²) in [5, 5.41) is 0.933. The number of methoxy groups -OCH3 is 1. The average Bonchev–Trinajstić information content (AvgIpc) is 3.04. The van der Waals surface area contributed by atoms with Gasteiger partial charge in [0.2, 0.25) is 0 Å². The van der Waals surface area contributed by atoms with Crippen LogP contribution in [0.4, 0.5) is 0 Å². The maximum atomic E-state index is 5.11. The molecule has 0 atom stereocenters. The van der Waals surface area contributed by atoms with Gasteiger partial charge in [0.1, 0.15) is 16.5 Å². The van der Waals surface area contributed by atoms with Crippen LogP contribution in [0.1, 0.15) is 36.0 Å². The molecule has 6 heteroatoms. The molecule has 0 aromatic carbocycles. The minimum Gasteiger partial charge on any atom is -0.495 e. The van der Waals surface area contributed by atoms with Gasteiger partial charge in [-0.3, -0.25) is 4.98 Å². The van der Waals surface area contributed by atoms with Gasteiger partial charge in [0.25, 0.3) is 0 Å². The highest BCUT2D eigenvalue weighted by molar-refractivity contribution is 7.05. The van der Waals surface area contributed by atoms with Gasteiger partial charge in [0.15, 0.2) is 5.82 Å². The van der Waals surface area contributed by atoms with Crippen LogP contribution in [0.5, 0.6) is 5.75 Å². The smallest absolute Gasteiger partial charge is 0.191 e. The molecule has 0 aliphatic carbocycles. The Bertz CT molecular complexity index is 766. The molecule has 0 bridgehead atoms. The van der Waals surface area contributed by atoms with Crippen molar-refractivity contribution in [2.75, 3.05) is 7.11 Å². The zero-order valence-corrected chi connectivity index (χ0v) is 14.2. The lowest BCUT2D eigenvalue weighted by molar-refractivity contribution is 0.413. The summed E-state index contributed by atoms with van der Waals surface area (Å²) in [5.74, 6) is 1.86. The average molecular weight is 326 g/mol. The summed E-state index contributed by atoms with van der Waals surface area (Å²) in [6.07, 6.45) is 4.29. The van der Waals surface area contributed by atoms with E-state index in [1.807, 2.05) is 18.3 Å². The van der Waals surface area contributed by atoms with E-state index in [1.165, 1.54) is 17.1 Å². The second kappa shape index (κ2) is 6.83. The molecule has 0 saturated heterocycles. The van der Waals surface area contributed by atoms with Gasteiger partial charge < -0.3 is 4.74 Å². The van der Waals surface area contributed by atoms with E-state index in [0.717, 1.165) is 22.1 Å². The van der Waals surface area contributed by atoms with Crippen molar-refractivity contribution in [1.29, 1.82) is 0 Å². The van der Waals surface area contributed by atoms with Crippen LogP contribution in [0.3, 0.4) is 0 Å². The Labute approximate surface area is 139 Å². The number of hydrogen-bond acceptors (Lipinski definition) is 6. The van der Waals surface area contributed by atoms with Gasteiger partial charge in [0.05, 0.1) is 13.3 Å². The van der Waals surface area contributed by atoms with Crippen LogP contribution in [0, 0.1) is 0 Å². The van der Waals surface area contributed by atoms with Crippen molar-refractivity contribution in [2.45, 2.75) is 26.2 Å². The molecule has 118 valence electrons. The van der Waals surface area contributed by atoms with E-state index in [1.54, 1.807) is 13.3 Å². The van der Waals surface area contributed by atoms with Crippen molar-refractivity contribution in [3.63, 3.8) is 0 Å². The molecular weight excluding hydrogens is 308 g/mol. The number of rotatable bonds is 5. The Hall–Kier alpha value is -2.34. The highest BCUT2D eigenvalue weighted by Crippen LogP contribution is 2.20. The summed E-state index contributed by atoms with van der Waals surface area (Å²) in [7, 11) is 1.62. The predicted molar refractivity (Wildman–Crippen MR) is 90.8 cm³/mol. The fraction of sp³-hybridized carbons (Fsp3) is 0.294. The first-order chi connectivity index (χ1) is 11.2. The summed E-state index contributed by atoms with van der Waals surface area (Å²) in [6, 6.07) is 7.90. The lowest BCUT2D eigenvalue weighted by atomic mass is 10.1. The Kier molecular flexibility index (Phi) is 4.62. The number of aromatic nitrogens is 4. The van der Waals surface area contributed by atoms with Gasteiger partial charge in [-0.25, -0.2) is 9.97 Å². The topological polar surface area (TPSA) is 60.8 Å². The van der Waals surface area contributed by atoms with Crippen molar-refractivity contribution in [2.24, 2.45) is 0 Å². The molecule has 0 fully saturated rings. The highest BCUT2D eigenvalue weighted by atomic mass is 32.1. The molecule has 5 nitrogen and oxygen atoms in total. The second-order valence-electron chi connectivity index (χ2n) is 5.51. The van der Waals surface area contributed by atoms with E-state index in [4.69, 9.17) is 4.74 Å². The minimum atomic E-state index is 0.492. The maximum Gasteiger partial charge on any atom is 0.191 e. The lowest BCUT2D eigenvalue weighted by Gasteiger charge is -2.04. The highest BCUT2D eigenvalue weighted by Gasteiger charge is 2.09. The molecule has 3 heterocycles. The molecule has 3 aromatic heterocycles. The van der Waals surface area contributed by atoms with Crippen LogP contribution >= 0.6 is 11.5 Å². The van der Waals surface area contributed by atoms with Gasteiger partial charge in [0, 0.05) is 18.3 Å². The van der Waals surface area contributed by atoms with E-state index < -0.39 is 0 Å². The van der Waals surface area contributed by atoms with E-state index in [0.29, 0.717) is 18.2 Å². The molecular formula is C17H18N4OS. The number of hydrogen-bond donors (Lipinski definition) is 0. The summed E-state index contributed by atoms with van der Waals surface area (Å²) in [6.45, 7) is 4.32. The van der Waals surface area contributed by atoms with Crippen LogP contribution in [0.2, 0.25) is 0 Å². The van der Waals surface area contributed by atoms with Gasteiger partial charge >= 0.3 is 0 Å². The molecule has 0 N–H and O–H groups in total. The molecule has 0 unspecified atom stereocenters. The third-order valence-electron chi connectivity index (χ3n) is 3.52. The lowest BCUT2D eigenvalue weighted by Crippen LogP contribution is -1.95. The van der Waals surface area contributed by atoms with E-state index in [2.05, 4.69) is 45.3 Å². The Morgan fingerprint density at radius 2 is 1.96 bits per heavy atom. The van der Waals surface area contributed by atoms with Gasteiger partial charge in [-0.15, -0.1) is 0 Å². The Morgan fingerprint density at radius 1 is 1.09 bits per heavy atom. The van der Waals surface area contributed by atoms with Gasteiger partial charge in [-0.1, -0.05) is 19.9 Å². The molecule has 0 aliphatic heterocycles. The standard InChI is InChI=1S/C17H18N4OS/c1-11(2)12-4-5-13(18-9-12)8-16-20-17(21-23-16)15-7-6-14(22-3)10-19-15/h4-7,9-11H,8H2,1-3H3. The third kappa shape index (κ3) is 3.71. The molecule has 0 radical (unpaired) electrons. The van der Waals surface area contributed by atoms with Crippen molar-refractivity contribution in [3.05, 3.63) is 52.9 Å². The second-order valence-corrected chi connectivity index (χ2v) is 6.35. The largest absolute Gasteiger partial charge is 0.495 e. The number of ether oxygens (including phenoxy) is 1. The van der Waals surface area contributed by atoms with Crippen molar-refractivity contribution in [3.8, 4) is 17.3 Å². The zero-order valence-electron chi connectivity index (χ0n) is 13.4. The molecule has 0 spiro atoms. The van der Waals surface area contributed by atoms with Crippen molar-refractivity contribution >= 4 is 11.5 Å². The third-order valence-corrected chi connectivity index (χ3v) is 4.23. The Morgan fingerprint density at radius 3 is 2.57 bits per heavy atom. The van der Waals surface area contributed by atoms with E-state index >= 15 is 0 Å². The molecule has 0 amide bonds. The van der Waals surface area contributed by atoms with E-state index in [-0.39, 0.29) is 0 Å². The first-order valence-electron chi connectivity index (χ1n) is 7.43. The predicted octanol–water partition coefficient (Wildman–Crippen LogP) is 3.72. The van der Waals surface area contributed by atoms with Crippen LogP contribution < -0.4 is 4.74 Å². The van der Waals surface area contributed by atoms with Gasteiger partial charge in [-0.05, 0) is 41.2 Å². The summed E-state index contributed by atoms with van der Waals surface area (Å²) in [5.41, 5.74) is 2.99. The molecule has 23 heavy (non-hydrogen) atoms. The molecule has 0 aliphatic rings. The maximum absolute atomic E-state index is 5.11. The summed E-state index contributed by atoms with van der Waals surface area (Å²) >= 11 is 1.39. The van der Waals surface area contributed by atoms with Crippen LogP contribution in [-0.4, -0.2) is 26.4 Å². The first kappa shape index (κ1) is 15.6. The van der Waals surface area contributed by atoms with Gasteiger partial charge in [-0.2, -0.15) is 4.37 Å². The Balaban J connectivity index is 1.73. The number of nitrogens with zero attached hydrogens (tertiary/aromatic N) is 4. The number of pyridine rings is 2. The van der Waals surface area contributed by atoms with Crippen LogP contribution in [-0.2, 0) is 6.42 Å². The molecule has 3 rings (SSSR count). The van der Waals surface area contributed by atoms with E-state index in [9.17, 15) is 0 Å². The fourth-order valence-corrected chi connectivity index (χ4v) is 2.77. The normalized spacial score (nSPS) is 11.0. The fourth-order valence-electron chi connectivity index (χ4n) is 2.10. The quantitative estimate of drug-likeness (QED) is 0.715. The molecule has 3 aromatic rings. The SMILES string of the molecule is COc1ccc(-c2nsc(Cc3ccc(C(C)C)cn3)n2)nc1. The zero-order chi connectivity index (χ0) is 16.2. The monoisotopic (exact) mass is 326 g/mol. The van der Waals surface area contributed by atoms with Crippen molar-refractivity contribution < 1.29 is 4.74 Å². The molecule has 0 saturated carbocycles. The van der Waals surface area contributed by atoms with Crippen molar-refractivity contribution in [1.82, 2.24) is 19.3 Å². The minimum absolute atomic E-state index is 0.492.